The Balaban J connectivity index is 2.65. The van der Waals surface area contributed by atoms with Crippen molar-refractivity contribution >= 4 is 23.9 Å². The van der Waals surface area contributed by atoms with Crippen molar-refractivity contribution in [2.45, 2.75) is 42.2 Å². The summed E-state index contributed by atoms with van der Waals surface area (Å²) < 4.78 is 30.5. The van der Waals surface area contributed by atoms with Gasteiger partial charge in [-0.3, -0.25) is 0 Å². The van der Waals surface area contributed by atoms with Gasteiger partial charge in [-0.25, -0.2) is 13.2 Å². The summed E-state index contributed by atoms with van der Waals surface area (Å²) in [6.07, 6.45) is 3.43. The van der Waals surface area contributed by atoms with Crippen molar-refractivity contribution in [3.05, 3.63) is 30.3 Å². The molecule has 8 heteroatoms. The van der Waals surface area contributed by atoms with E-state index in [2.05, 4.69) is 4.90 Å². The molecule has 1 aromatic carbocycles. The van der Waals surface area contributed by atoms with Gasteiger partial charge in [-0.2, -0.15) is 0 Å². The van der Waals surface area contributed by atoms with E-state index in [1.54, 1.807) is 30.3 Å². The normalized spacial score (nSPS) is 12.8. The van der Waals surface area contributed by atoms with Crippen LogP contribution in [-0.2, 0) is 14.6 Å². The highest BCUT2D eigenvalue weighted by Crippen LogP contribution is 2.21. The van der Waals surface area contributed by atoms with Crippen molar-refractivity contribution in [1.29, 1.82) is 0 Å². The van der Waals surface area contributed by atoms with E-state index in [0.29, 0.717) is 6.42 Å². The van der Waals surface area contributed by atoms with E-state index in [9.17, 15) is 13.2 Å². The van der Waals surface area contributed by atoms with E-state index in [-0.39, 0.29) is 11.5 Å². The fourth-order valence-corrected chi connectivity index (χ4v) is 4.14. The molecule has 0 bridgehead atoms. The van der Waals surface area contributed by atoms with Crippen molar-refractivity contribution in [1.82, 2.24) is 10.1 Å². The second kappa shape index (κ2) is 11.2. The molecule has 0 saturated carbocycles. The smallest absolute Gasteiger partial charge is 0.394 e. The summed E-state index contributed by atoms with van der Waals surface area (Å²) in [7, 11) is 5.47. The molecule has 2 radical (unpaired) electrons. The van der Waals surface area contributed by atoms with Gasteiger partial charge in [0.1, 0.15) is 11.9 Å². The van der Waals surface area contributed by atoms with Crippen molar-refractivity contribution in [3.63, 3.8) is 0 Å². The van der Waals surface area contributed by atoms with E-state index in [0.717, 1.165) is 32.2 Å². The van der Waals surface area contributed by atoms with Gasteiger partial charge in [-0.15, -0.1) is 0 Å². The van der Waals surface area contributed by atoms with E-state index in [4.69, 9.17) is 12.7 Å². The Morgan fingerprint density at radius 1 is 1.16 bits per heavy atom. The Labute approximate surface area is 152 Å². The van der Waals surface area contributed by atoms with Crippen LogP contribution in [0.1, 0.15) is 32.1 Å². The van der Waals surface area contributed by atoms with Crippen molar-refractivity contribution in [2.75, 3.05) is 27.2 Å². The van der Waals surface area contributed by atoms with Crippen molar-refractivity contribution in [2.24, 2.45) is 0 Å². The average Bonchev–Trinajstić information content (AvgIpc) is 2.60. The summed E-state index contributed by atoms with van der Waals surface area (Å²) in [4.78, 5) is 13.6. The molecule has 0 spiro atoms. The molecular weight excluding hydrogens is 339 g/mol. The molecule has 0 fully saturated rings. The molecule has 0 aromatic heterocycles. The number of nitrogens with zero attached hydrogens (tertiary/aromatic N) is 1. The van der Waals surface area contributed by atoms with Crippen LogP contribution in [0.3, 0.4) is 0 Å². The third kappa shape index (κ3) is 7.92. The third-order valence-corrected chi connectivity index (χ3v) is 6.09. The van der Waals surface area contributed by atoms with E-state index < -0.39 is 21.2 Å². The number of carbonyl (C=O) groups excluding carboxylic acids is 1. The molecule has 1 amide bonds. The lowest BCUT2D eigenvalue weighted by atomic mass is 10.1. The van der Waals surface area contributed by atoms with Gasteiger partial charge in [-0.05, 0) is 45.6 Å². The van der Waals surface area contributed by atoms with Crippen molar-refractivity contribution in [3.8, 4) is 0 Å². The van der Waals surface area contributed by atoms with Gasteiger partial charge in [0.15, 0.2) is 9.84 Å². The fourth-order valence-electron chi connectivity index (χ4n) is 2.49. The summed E-state index contributed by atoms with van der Waals surface area (Å²) in [5.41, 5.74) is 0. The highest BCUT2D eigenvalue weighted by Gasteiger charge is 2.28. The SMILES string of the molecule is [B]NC(=O)OCC(CCCCCCN(C)C)S(=O)(=O)c1ccccc1. The van der Waals surface area contributed by atoms with Gasteiger partial charge < -0.3 is 14.9 Å². The number of hydrogen-bond acceptors (Lipinski definition) is 5. The number of unbranched alkanes of at least 4 members (excludes halogenated alkanes) is 3. The minimum absolute atomic E-state index is 0.210. The molecule has 1 aromatic rings. The molecule has 25 heavy (non-hydrogen) atoms. The van der Waals surface area contributed by atoms with Gasteiger partial charge in [0.05, 0.1) is 4.90 Å². The standard InChI is InChI=1S/C17H27BN2O4S/c1-20(2)13-9-4-3-6-12-16(14-24-17(21)19-18)25(22,23)15-10-7-5-8-11-15/h5,7-8,10-11,16H,3-4,6,9,12-14H2,1-2H3,(H,19,21). The van der Waals surface area contributed by atoms with Crippen LogP contribution in [0, 0.1) is 0 Å². The number of amides is 1. The molecule has 0 heterocycles. The maximum Gasteiger partial charge on any atom is 0.394 e. The summed E-state index contributed by atoms with van der Waals surface area (Å²) in [6, 6.07) is 8.24. The van der Waals surface area contributed by atoms with Gasteiger partial charge in [0.25, 0.3) is 0 Å². The van der Waals surface area contributed by atoms with E-state index >= 15 is 0 Å². The van der Waals surface area contributed by atoms with Gasteiger partial charge >= 0.3 is 6.09 Å². The van der Waals surface area contributed by atoms with Crippen LogP contribution in [0.4, 0.5) is 4.79 Å². The minimum Gasteiger partial charge on any atom is -0.449 e. The lowest BCUT2D eigenvalue weighted by Gasteiger charge is -2.18. The third-order valence-electron chi connectivity index (χ3n) is 3.91. The average molecular weight is 366 g/mol. The molecule has 138 valence electrons. The molecule has 6 nitrogen and oxygen atoms in total. The zero-order valence-corrected chi connectivity index (χ0v) is 15.8. The molecule has 0 aliphatic carbocycles. The topological polar surface area (TPSA) is 75.7 Å². The number of rotatable bonds is 11. The van der Waals surface area contributed by atoms with Gasteiger partial charge in [0.2, 0.25) is 7.98 Å². The number of carbonyl (C=O) groups is 1. The first kappa shape index (κ1) is 21.5. The Morgan fingerprint density at radius 2 is 1.80 bits per heavy atom. The van der Waals surface area contributed by atoms with Crippen LogP contribution in [0.2, 0.25) is 0 Å². The first-order chi connectivity index (χ1) is 11.9. The van der Waals surface area contributed by atoms with Crippen LogP contribution in [-0.4, -0.2) is 59.9 Å². The Morgan fingerprint density at radius 3 is 2.40 bits per heavy atom. The van der Waals surface area contributed by atoms with Crippen LogP contribution in [0.15, 0.2) is 35.2 Å². The quantitative estimate of drug-likeness (QED) is 0.480. The number of nitrogens with one attached hydrogen (secondary N) is 1. The first-order valence-electron chi connectivity index (χ1n) is 8.45. The monoisotopic (exact) mass is 366 g/mol. The lowest BCUT2D eigenvalue weighted by molar-refractivity contribution is 0.151. The molecule has 1 unspecified atom stereocenters. The highest BCUT2D eigenvalue weighted by atomic mass is 32.2. The number of ether oxygens (including phenoxy) is 1. The predicted octanol–water partition coefficient (Wildman–Crippen LogP) is 2.15. The van der Waals surface area contributed by atoms with E-state index in [1.807, 2.05) is 19.3 Å². The van der Waals surface area contributed by atoms with Crippen molar-refractivity contribution < 1.29 is 17.9 Å². The number of hydrogen-bond donors (Lipinski definition) is 1. The molecule has 0 saturated heterocycles. The second-order valence-electron chi connectivity index (χ2n) is 6.23. The number of sulfone groups is 1. The lowest BCUT2D eigenvalue weighted by Crippen LogP contribution is -2.31. The maximum absolute atomic E-state index is 12.8. The Hall–Kier alpha value is -1.54. The first-order valence-corrected chi connectivity index (χ1v) is 9.99. The van der Waals surface area contributed by atoms with Crippen LogP contribution < -0.4 is 5.23 Å². The zero-order valence-electron chi connectivity index (χ0n) is 15.0. The van der Waals surface area contributed by atoms with E-state index in [1.165, 1.54) is 0 Å². The molecule has 1 N–H and O–H groups in total. The predicted molar refractivity (Wildman–Crippen MR) is 99.3 cm³/mol. The van der Waals surface area contributed by atoms with Gasteiger partial charge in [0, 0.05) is 0 Å². The molecular formula is C17H27BN2O4S. The van der Waals surface area contributed by atoms with Crippen LogP contribution in [0.25, 0.3) is 0 Å². The number of benzene rings is 1. The maximum atomic E-state index is 12.8. The molecule has 1 atom stereocenters. The Kier molecular flexibility index (Phi) is 9.59. The second-order valence-corrected chi connectivity index (χ2v) is 8.46. The summed E-state index contributed by atoms with van der Waals surface area (Å²) in [5, 5.41) is 1.07. The van der Waals surface area contributed by atoms with Crippen LogP contribution in [0.5, 0.6) is 0 Å². The zero-order chi connectivity index (χ0) is 18.7. The molecule has 0 aliphatic rings. The highest BCUT2D eigenvalue weighted by molar-refractivity contribution is 7.92. The van der Waals surface area contributed by atoms with Gasteiger partial charge in [-0.1, -0.05) is 37.5 Å². The summed E-state index contributed by atoms with van der Waals surface area (Å²) >= 11 is 0. The summed E-state index contributed by atoms with van der Waals surface area (Å²) in [5.74, 6) is 0. The Bertz CT molecular complexity index is 608. The summed E-state index contributed by atoms with van der Waals surface area (Å²) in [6.45, 7) is 0.809. The largest absolute Gasteiger partial charge is 0.449 e. The molecule has 0 aliphatic heterocycles. The molecule has 1 rings (SSSR count). The minimum atomic E-state index is -3.57. The fraction of sp³-hybridized carbons (Fsp3) is 0.588. The van der Waals surface area contributed by atoms with Crippen LogP contribution >= 0.6 is 0 Å².